The largest absolute Gasteiger partial charge is 0.0525 e. The van der Waals surface area contributed by atoms with E-state index in [9.17, 15) is 0 Å². The Morgan fingerprint density at radius 2 is 2.29 bits per heavy atom. The summed E-state index contributed by atoms with van der Waals surface area (Å²) in [5, 5.41) is 0. The molecule has 0 radical (unpaired) electrons. The fourth-order valence-electron chi connectivity index (χ4n) is 2.77. The van der Waals surface area contributed by atoms with Crippen molar-refractivity contribution >= 4 is 0 Å². The molecule has 2 unspecified atom stereocenters. The molecule has 0 bridgehead atoms. The van der Waals surface area contributed by atoms with Gasteiger partial charge in [0.25, 0.3) is 0 Å². The molecule has 0 heteroatoms. The summed E-state index contributed by atoms with van der Waals surface area (Å²) in [5.41, 5.74) is 1.03. The molecule has 0 aliphatic heterocycles. The molecule has 3 aliphatic rings. The van der Waals surface area contributed by atoms with Crippen LogP contribution in [0.4, 0.5) is 0 Å². The van der Waals surface area contributed by atoms with Crippen LogP contribution in [0.3, 0.4) is 0 Å². The van der Waals surface area contributed by atoms with Gasteiger partial charge in [-0.15, -0.1) is 0 Å². The molecule has 3 aliphatic carbocycles. The highest BCUT2D eigenvalue weighted by Gasteiger charge is 2.79. The summed E-state index contributed by atoms with van der Waals surface area (Å²) in [6.45, 7) is 0. The lowest BCUT2D eigenvalue weighted by molar-refractivity contribution is 0.563. The lowest BCUT2D eigenvalue weighted by Gasteiger charge is -1.93. The third-order valence-electron chi connectivity index (χ3n) is 3.45. The monoisotopic (exact) mass is 94.1 g/mol. The van der Waals surface area contributed by atoms with E-state index in [1.165, 1.54) is 11.8 Å². The van der Waals surface area contributed by atoms with Gasteiger partial charge in [-0.2, -0.15) is 0 Å². The zero-order valence-electron chi connectivity index (χ0n) is 4.48. The van der Waals surface area contributed by atoms with Crippen molar-refractivity contribution in [2.45, 2.75) is 25.7 Å². The first-order valence-corrected chi connectivity index (χ1v) is 3.43. The number of rotatable bonds is 0. The van der Waals surface area contributed by atoms with Crippen molar-refractivity contribution in [2.75, 3.05) is 0 Å². The Morgan fingerprint density at radius 1 is 1.29 bits per heavy atom. The van der Waals surface area contributed by atoms with Crippen LogP contribution in [0.25, 0.3) is 0 Å². The van der Waals surface area contributed by atoms with Gasteiger partial charge in [-0.05, 0) is 36.5 Å². The topological polar surface area (TPSA) is 0 Å². The van der Waals surface area contributed by atoms with E-state index in [2.05, 4.69) is 0 Å². The van der Waals surface area contributed by atoms with Crippen LogP contribution in [0, 0.1) is 17.3 Å². The molecule has 3 rings (SSSR count). The first-order chi connectivity index (χ1) is 3.43. The predicted octanol–water partition coefficient (Wildman–Crippen LogP) is 1.81. The minimum atomic E-state index is 1.03. The van der Waals surface area contributed by atoms with Crippen molar-refractivity contribution in [3.63, 3.8) is 0 Å². The summed E-state index contributed by atoms with van der Waals surface area (Å²) in [7, 11) is 0. The normalized spacial score (nSPS) is 72.0. The standard InChI is InChI=1S/C7H10/c1-2-5-6-4-7(5,6)3-1/h5-6H,1-4H2/t5?,6?,7-/m0/s1. The van der Waals surface area contributed by atoms with Crippen LogP contribution in [0.15, 0.2) is 0 Å². The predicted molar refractivity (Wildman–Crippen MR) is 27.9 cm³/mol. The molecular weight excluding hydrogens is 84.1 g/mol. The molecule has 3 atom stereocenters. The molecular formula is C7H10. The SMILES string of the molecule is C1CC2C3C[C@@]23C1. The summed E-state index contributed by atoms with van der Waals surface area (Å²) in [6, 6.07) is 0. The Kier molecular flexibility index (Phi) is 0.260. The lowest BCUT2D eigenvalue weighted by Crippen LogP contribution is -1.85. The molecule has 0 saturated heterocycles. The van der Waals surface area contributed by atoms with E-state index in [0.717, 1.165) is 5.41 Å². The van der Waals surface area contributed by atoms with Crippen molar-refractivity contribution in [3.05, 3.63) is 0 Å². The van der Waals surface area contributed by atoms with E-state index in [1.807, 2.05) is 0 Å². The minimum absolute atomic E-state index is 1.03. The van der Waals surface area contributed by atoms with Crippen LogP contribution in [-0.4, -0.2) is 0 Å². The maximum atomic E-state index is 1.62. The van der Waals surface area contributed by atoms with Gasteiger partial charge in [0.05, 0.1) is 0 Å². The number of fused-ring (bicyclic) bond motifs is 1. The maximum absolute atomic E-state index is 1.62. The van der Waals surface area contributed by atoms with Crippen LogP contribution in [0.2, 0.25) is 0 Å². The Morgan fingerprint density at radius 3 is 2.57 bits per heavy atom. The lowest BCUT2D eigenvalue weighted by atomic mass is 10.1. The Bertz CT molecular complexity index is 128. The van der Waals surface area contributed by atoms with E-state index in [0.29, 0.717) is 0 Å². The van der Waals surface area contributed by atoms with Gasteiger partial charge < -0.3 is 0 Å². The second-order valence-electron chi connectivity index (χ2n) is 3.54. The average Bonchev–Trinajstić information content (AvgIpc) is 2.41. The molecule has 0 heterocycles. The highest BCUT2D eigenvalue weighted by molar-refractivity contribution is 5.27. The Labute approximate surface area is 43.9 Å². The highest BCUT2D eigenvalue weighted by atomic mass is 14.8. The van der Waals surface area contributed by atoms with Crippen molar-refractivity contribution < 1.29 is 0 Å². The van der Waals surface area contributed by atoms with E-state index in [1.54, 1.807) is 25.7 Å². The smallest absolute Gasteiger partial charge is 0.0232 e. The molecule has 1 spiro atoms. The molecule has 0 N–H and O–H groups in total. The zero-order chi connectivity index (χ0) is 4.48. The molecule has 0 aromatic rings. The van der Waals surface area contributed by atoms with Crippen LogP contribution in [-0.2, 0) is 0 Å². The summed E-state index contributed by atoms with van der Waals surface area (Å²) >= 11 is 0. The Hall–Kier alpha value is 0. The third kappa shape index (κ3) is 0.167. The molecule has 7 heavy (non-hydrogen) atoms. The van der Waals surface area contributed by atoms with Gasteiger partial charge in [0.15, 0.2) is 0 Å². The van der Waals surface area contributed by atoms with Crippen molar-refractivity contribution in [1.29, 1.82) is 0 Å². The van der Waals surface area contributed by atoms with Gasteiger partial charge in [-0.3, -0.25) is 0 Å². The molecule has 0 amide bonds. The highest BCUT2D eigenvalue weighted by Crippen LogP contribution is 2.86. The van der Waals surface area contributed by atoms with Gasteiger partial charge in [0.2, 0.25) is 0 Å². The summed E-state index contributed by atoms with van der Waals surface area (Å²) in [5.74, 6) is 2.52. The van der Waals surface area contributed by atoms with Crippen molar-refractivity contribution in [2.24, 2.45) is 17.3 Å². The Balaban J connectivity index is 2.07. The second kappa shape index (κ2) is 0.586. The van der Waals surface area contributed by atoms with Gasteiger partial charge in [-0.25, -0.2) is 0 Å². The minimum Gasteiger partial charge on any atom is -0.0525 e. The van der Waals surface area contributed by atoms with E-state index in [-0.39, 0.29) is 0 Å². The van der Waals surface area contributed by atoms with Gasteiger partial charge in [-0.1, -0.05) is 6.42 Å². The summed E-state index contributed by atoms with van der Waals surface area (Å²) in [6.07, 6.45) is 6.37. The fourth-order valence-corrected chi connectivity index (χ4v) is 2.77. The third-order valence-corrected chi connectivity index (χ3v) is 3.45. The molecule has 38 valence electrons. The summed E-state index contributed by atoms with van der Waals surface area (Å²) < 4.78 is 0. The number of hydrogen-bond donors (Lipinski definition) is 0. The molecule has 0 aromatic heterocycles. The number of hydrogen-bond acceptors (Lipinski definition) is 0. The second-order valence-corrected chi connectivity index (χ2v) is 3.54. The van der Waals surface area contributed by atoms with Crippen LogP contribution >= 0.6 is 0 Å². The average molecular weight is 94.2 g/mol. The van der Waals surface area contributed by atoms with Gasteiger partial charge >= 0.3 is 0 Å². The fraction of sp³-hybridized carbons (Fsp3) is 1.00. The first kappa shape index (κ1) is 3.11. The first-order valence-electron chi connectivity index (χ1n) is 3.43. The van der Waals surface area contributed by atoms with Gasteiger partial charge in [0, 0.05) is 0 Å². The summed E-state index contributed by atoms with van der Waals surface area (Å²) in [4.78, 5) is 0. The van der Waals surface area contributed by atoms with E-state index >= 15 is 0 Å². The van der Waals surface area contributed by atoms with Crippen molar-refractivity contribution in [1.82, 2.24) is 0 Å². The van der Waals surface area contributed by atoms with Crippen molar-refractivity contribution in [3.8, 4) is 0 Å². The molecule has 3 saturated carbocycles. The molecule has 0 aromatic carbocycles. The molecule has 3 fully saturated rings. The van der Waals surface area contributed by atoms with E-state index in [4.69, 9.17) is 0 Å². The zero-order valence-corrected chi connectivity index (χ0v) is 4.48. The quantitative estimate of drug-likeness (QED) is 0.429. The van der Waals surface area contributed by atoms with Gasteiger partial charge in [0.1, 0.15) is 0 Å². The van der Waals surface area contributed by atoms with Crippen LogP contribution < -0.4 is 0 Å². The van der Waals surface area contributed by atoms with Crippen LogP contribution in [0.1, 0.15) is 25.7 Å². The van der Waals surface area contributed by atoms with Crippen LogP contribution in [0.5, 0.6) is 0 Å². The molecule has 0 nitrogen and oxygen atoms in total. The maximum Gasteiger partial charge on any atom is -0.0232 e. The van der Waals surface area contributed by atoms with E-state index < -0.39 is 0 Å².